The van der Waals surface area contributed by atoms with E-state index in [1.807, 2.05) is 6.07 Å². The first kappa shape index (κ1) is 17.5. The van der Waals surface area contributed by atoms with E-state index in [1.165, 1.54) is 54.4 Å². The summed E-state index contributed by atoms with van der Waals surface area (Å²) in [4.78, 5) is 18.2. The molecule has 3 aliphatic rings. The van der Waals surface area contributed by atoms with Crippen molar-refractivity contribution in [1.82, 2.24) is 9.80 Å². The van der Waals surface area contributed by atoms with E-state index >= 15 is 0 Å². The Morgan fingerprint density at radius 1 is 1.36 bits per heavy atom. The summed E-state index contributed by atoms with van der Waals surface area (Å²) in [5, 5.41) is 9.32. The number of carboxylic acid groups (broad SMARTS) is 1. The Kier molecular flexibility index (Phi) is 4.88. The molecule has 1 atom stereocenters. The van der Waals surface area contributed by atoms with E-state index in [9.17, 15) is 9.90 Å². The fourth-order valence-electron chi connectivity index (χ4n) is 4.75. The maximum atomic E-state index is 11.3. The standard InChI is InChI=1S/C19H28N2O3S/c1-2-20-7-3-14(12-20)13-21-8-5-19(6-9-21)15-11-17(18(22)23)25-16(15)4-10-24-19/h11,14H,2-10,12-13H2,1H3,(H,22,23). The van der Waals surface area contributed by atoms with Crippen LogP contribution >= 0.6 is 11.3 Å². The molecule has 0 bridgehead atoms. The average molecular weight is 365 g/mol. The van der Waals surface area contributed by atoms with Crippen LogP contribution in [0.15, 0.2) is 6.07 Å². The molecule has 6 heteroatoms. The molecule has 138 valence electrons. The van der Waals surface area contributed by atoms with Crippen LogP contribution < -0.4 is 0 Å². The molecule has 1 spiro atoms. The quantitative estimate of drug-likeness (QED) is 0.890. The zero-order valence-electron chi connectivity index (χ0n) is 15.0. The van der Waals surface area contributed by atoms with Gasteiger partial charge in [-0.2, -0.15) is 0 Å². The van der Waals surface area contributed by atoms with Crippen LogP contribution in [0.25, 0.3) is 0 Å². The Balaban J connectivity index is 1.41. The summed E-state index contributed by atoms with van der Waals surface area (Å²) in [6.07, 6.45) is 4.15. The van der Waals surface area contributed by atoms with E-state index in [0.29, 0.717) is 4.88 Å². The summed E-state index contributed by atoms with van der Waals surface area (Å²) < 4.78 is 6.26. The van der Waals surface area contributed by atoms with Crippen molar-refractivity contribution in [3.8, 4) is 0 Å². The molecule has 1 aromatic rings. The van der Waals surface area contributed by atoms with Gasteiger partial charge in [-0.15, -0.1) is 11.3 Å². The lowest BCUT2D eigenvalue weighted by molar-refractivity contribution is -0.0982. The average Bonchev–Trinajstić information content (AvgIpc) is 3.24. The molecule has 0 saturated carbocycles. The van der Waals surface area contributed by atoms with Crippen molar-refractivity contribution >= 4 is 17.3 Å². The van der Waals surface area contributed by atoms with Crippen molar-refractivity contribution in [2.45, 2.75) is 38.2 Å². The highest BCUT2D eigenvalue weighted by Crippen LogP contribution is 2.44. The fourth-order valence-corrected chi connectivity index (χ4v) is 5.82. The van der Waals surface area contributed by atoms with E-state index in [2.05, 4.69) is 16.7 Å². The normalized spacial score (nSPS) is 26.8. The number of hydrogen-bond acceptors (Lipinski definition) is 5. The minimum Gasteiger partial charge on any atom is -0.477 e. The second-order valence-corrected chi connectivity index (χ2v) is 8.83. The van der Waals surface area contributed by atoms with Crippen LogP contribution in [-0.4, -0.2) is 66.8 Å². The van der Waals surface area contributed by atoms with Crippen LogP contribution in [0.1, 0.15) is 46.3 Å². The van der Waals surface area contributed by atoms with Gasteiger partial charge in [0.15, 0.2) is 0 Å². The molecule has 0 radical (unpaired) electrons. The number of hydrogen-bond donors (Lipinski definition) is 1. The molecule has 5 nitrogen and oxygen atoms in total. The maximum Gasteiger partial charge on any atom is 0.345 e. The molecule has 4 rings (SSSR count). The molecule has 2 fully saturated rings. The predicted molar refractivity (Wildman–Crippen MR) is 98.5 cm³/mol. The number of thiophene rings is 1. The largest absolute Gasteiger partial charge is 0.477 e. The Morgan fingerprint density at radius 2 is 2.16 bits per heavy atom. The van der Waals surface area contributed by atoms with Gasteiger partial charge in [0, 0.05) is 37.5 Å². The van der Waals surface area contributed by atoms with E-state index in [-0.39, 0.29) is 5.60 Å². The Labute approximate surface area is 153 Å². The number of carboxylic acids is 1. The van der Waals surface area contributed by atoms with Gasteiger partial charge in [0.05, 0.1) is 12.2 Å². The third kappa shape index (κ3) is 3.37. The van der Waals surface area contributed by atoms with Gasteiger partial charge in [-0.1, -0.05) is 6.92 Å². The zero-order chi connectivity index (χ0) is 17.4. The van der Waals surface area contributed by atoms with Crippen LogP contribution in [0, 0.1) is 5.92 Å². The molecule has 0 aliphatic carbocycles. The van der Waals surface area contributed by atoms with Gasteiger partial charge < -0.3 is 19.6 Å². The van der Waals surface area contributed by atoms with Crippen molar-refractivity contribution in [3.63, 3.8) is 0 Å². The van der Waals surface area contributed by atoms with Crippen LogP contribution in [0.5, 0.6) is 0 Å². The van der Waals surface area contributed by atoms with Crippen molar-refractivity contribution in [1.29, 1.82) is 0 Å². The third-order valence-corrected chi connectivity index (χ3v) is 7.40. The second-order valence-electron chi connectivity index (χ2n) is 7.69. The number of carbonyl (C=O) groups is 1. The number of nitrogens with zero attached hydrogens (tertiary/aromatic N) is 2. The van der Waals surface area contributed by atoms with Gasteiger partial charge >= 0.3 is 5.97 Å². The molecule has 2 saturated heterocycles. The SMILES string of the molecule is CCN1CCC(CN2CCC3(CC2)OCCc2sc(C(=O)O)cc23)C1. The smallest absolute Gasteiger partial charge is 0.345 e. The summed E-state index contributed by atoms with van der Waals surface area (Å²) >= 11 is 1.44. The van der Waals surface area contributed by atoms with Crippen LogP contribution in [0.4, 0.5) is 0 Å². The van der Waals surface area contributed by atoms with E-state index in [4.69, 9.17) is 4.74 Å². The summed E-state index contributed by atoms with van der Waals surface area (Å²) in [5.74, 6) is -0.00899. The first-order valence-corrected chi connectivity index (χ1v) is 10.4. The first-order valence-electron chi connectivity index (χ1n) is 9.55. The van der Waals surface area contributed by atoms with Gasteiger partial charge in [0.1, 0.15) is 4.88 Å². The van der Waals surface area contributed by atoms with Crippen molar-refractivity contribution in [2.75, 3.05) is 45.9 Å². The molecule has 1 unspecified atom stereocenters. The highest BCUT2D eigenvalue weighted by molar-refractivity contribution is 7.14. The number of fused-ring (bicyclic) bond motifs is 2. The van der Waals surface area contributed by atoms with Crippen molar-refractivity contribution < 1.29 is 14.6 Å². The van der Waals surface area contributed by atoms with E-state index < -0.39 is 5.97 Å². The van der Waals surface area contributed by atoms with Crippen molar-refractivity contribution in [2.24, 2.45) is 5.92 Å². The highest BCUT2D eigenvalue weighted by atomic mass is 32.1. The lowest BCUT2D eigenvalue weighted by Crippen LogP contribution is -2.47. The first-order chi connectivity index (χ1) is 12.1. The molecule has 1 N–H and O–H groups in total. The van der Waals surface area contributed by atoms with Gasteiger partial charge in [0.25, 0.3) is 0 Å². The minimum absolute atomic E-state index is 0.237. The van der Waals surface area contributed by atoms with Gasteiger partial charge in [-0.3, -0.25) is 0 Å². The summed E-state index contributed by atoms with van der Waals surface area (Å²) in [5.41, 5.74) is 0.929. The number of likely N-dealkylation sites (tertiary alicyclic amines) is 2. The number of ether oxygens (including phenoxy) is 1. The summed E-state index contributed by atoms with van der Waals surface area (Å²) in [6, 6.07) is 1.88. The molecule has 4 heterocycles. The topological polar surface area (TPSA) is 53.0 Å². The van der Waals surface area contributed by atoms with E-state index in [1.54, 1.807) is 0 Å². The molecule has 0 amide bonds. The number of aromatic carboxylic acids is 1. The van der Waals surface area contributed by atoms with Crippen LogP contribution in [0.2, 0.25) is 0 Å². The molecule has 3 aliphatic heterocycles. The Hall–Kier alpha value is -0.950. The number of piperidine rings is 1. The Morgan fingerprint density at radius 3 is 2.84 bits per heavy atom. The predicted octanol–water partition coefficient (Wildman–Crippen LogP) is 2.65. The molecule has 1 aromatic heterocycles. The third-order valence-electron chi connectivity index (χ3n) is 6.22. The molecule has 25 heavy (non-hydrogen) atoms. The van der Waals surface area contributed by atoms with Crippen molar-refractivity contribution in [3.05, 3.63) is 21.4 Å². The van der Waals surface area contributed by atoms with Crippen LogP contribution in [-0.2, 0) is 16.8 Å². The number of rotatable bonds is 4. The monoisotopic (exact) mass is 364 g/mol. The Bertz CT molecular complexity index is 637. The lowest BCUT2D eigenvalue weighted by atomic mass is 9.82. The second kappa shape index (κ2) is 6.99. The molecular weight excluding hydrogens is 336 g/mol. The fraction of sp³-hybridized carbons (Fsp3) is 0.737. The van der Waals surface area contributed by atoms with Gasteiger partial charge in [0.2, 0.25) is 0 Å². The molecular formula is C19H28N2O3S. The zero-order valence-corrected chi connectivity index (χ0v) is 15.8. The van der Waals surface area contributed by atoms with Gasteiger partial charge in [-0.25, -0.2) is 4.79 Å². The van der Waals surface area contributed by atoms with E-state index in [0.717, 1.165) is 44.9 Å². The summed E-state index contributed by atoms with van der Waals surface area (Å²) in [6.45, 7) is 9.94. The summed E-state index contributed by atoms with van der Waals surface area (Å²) in [7, 11) is 0. The maximum absolute atomic E-state index is 11.3. The van der Waals surface area contributed by atoms with Gasteiger partial charge in [-0.05, 0) is 49.9 Å². The minimum atomic E-state index is -0.811. The lowest BCUT2D eigenvalue weighted by Gasteiger charge is -2.44. The molecule has 0 aromatic carbocycles. The van der Waals surface area contributed by atoms with Crippen LogP contribution in [0.3, 0.4) is 0 Å². The highest BCUT2D eigenvalue weighted by Gasteiger charge is 2.42.